The van der Waals surface area contributed by atoms with Crippen LogP contribution in [0, 0.1) is 5.92 Å². The average Bonchev–Trinajstić information content (AvgIpc) is 1.21. The highest BCUT2D eigenvalue weighted by Gasteiger charge is 1.97. The van der Waals surface area contributed by atoms with E-state index in [0.717, 1.165) is 0 Å². The van der Waals surface area contributed by atoms with Gasteiger partial charge in [0.2, 0.25) is 0 Å². The quantitative estimate of drug-likeness (QED) is 0.590. The minimum atomic E-state index is -3.97. The van der Waals surface area contributed by atoms with Crippen molar-refractivity contribution in [1.29, 1.82) is 0 Å². The van der Waals surface area contributed by atoms with Gasteiger partial charge in [-0.2, -0.15) is 0 Å². The van der Waals surface area contributed by atoms with Crippen molar-refractivity contribution in [2.24, 2.45) is 5.92 Å². The zero-order valence-electron chi connectivity index (χ0n) is 5.92. The molecule has 4 N–H and O–H groups in total. The average molecular weight is 155 g/mol. The Morgan fingerprint density at radius 3 is 1.78 bits per heavy atom. The lowest BCUT2D eigenvalue weighted by molar-refractivity contribution is 0.454. The lowest BCUT2D eigenvalue weighted by Gasteiger charge is -2.07. The van der Waals surface area contributed by atoms with E-state index in [1.165, 1.54) is 0 Å². The van der Waals surface area contributed by atoms with E-state index in [1.54, 1.807) is 13.8 Å². The number of quaternary nitrogens is 1. The Morgan fingerprint density at radius 1 is 1.44 bits per heavy atom. The molecular weight excluding hydrogens is 142 g/mol. The van der Waals surface area contributed by atoms with Crippen LogP contribution in [0.15, 0.2) is 0 Å². The second kappa shape index (κ2) is 3.81. The molecule has 4 nitrogen and oxygen atoms in total. The molecule has 0 spiro atoms. The molecule has 0 aliphatic rings. The summed E-state index contributed by atoms with van der Waals surface area (Å²) in [7, 11) is -3.97. The Bertz CT molecular complexity index is 149. The van der Waals surface area contributed by atoms with E-state index in [-0.39, 0.29) is 17.8 Å². The van der Waals surface area contributed by atoms with Crippen LogP contribution in [0.25, 0.3) is 0 Å². The van der Waals surface area contributed by atoms with E-state index in [1.807, 2.05) is 0 Å². The van der Waals surface area contributed by atoms with Gasteiger partial charge in [-0.15, -0.1) is 0 Å². The fourth-order valence-corrected chi connectivity index (χ4v) is 1.22. The van der Waals surface area contributed by atoms with Crippen LogP contribution < -0.4 is 6.15 Å². The van der Waals surface area contributed by atoms with Crippen LogP contribution >= 0.6 is 0 Å². The molecule has 0 rings (SSSR count). The maximum atomic E-state index is 9.89. The molecule has 0 radical (unpaired) electrons. The molecule has 0 bridgehead atoms. The third kappa shape index (κ3) is 11.4. The summed E-state index contributed by atoms with van der Waals surface area (Å²) in [6.45, 7) is 3.38. The normalized spacial score (nSPS) is 11.1. The van der Waals surface area contributed by atoms with Gasteiger partial charge in [-0.05, 0) is 5.92 Å². The van der Waals surface area contributed by atoms with E-state index in [9.17, 15) is 13.0 Å². The van der Waals surface area contributed by atoms with Gasteiger partial charge in [0.15, 0.2) is 0 Å². The van der Waals surface area contributed by atoms with Crippen LogP contribution in [0.3, 0.4) is 0 Å². The summed E-state index contributed by atoms with van der Waals surface area (Å²) >= 11 is 0. The van der Waals surface area contributed by atoms with Crippen molar-refractivity contribution in [2.45, 2.75) is 13.8 Å². The zero-order chi connectivity index (χ0) is 6.78. The highest BCUT2D eigenvalue weighted by Crippen LogP contribution is 1.95. The molecule has 0 heterocycles. The first-order chi connectivity index (χ1) is 3.42. The van der Waals surface area contributed by atoms with Crippen LogP contribution in [0.5, 0.6) is 0 Å². The first-order valence-corrected chi connectivity index (χ1v) is 3.93. The van der Waals surface area contributed by atoms with Crippen molar-refractivity contribution in [3.8, 4) is 0 Å². The van der Waals surface area contributed by atoms with Gasteiger partial charge in [0.05, 0.1) is 10.1 Å². The van der Waals surface area contributed by atoms with Gasteiger partial charge >= 0.3 is 0 Å². The Kier molecular flexibility index (Phi) is 4.93. The Labute approximate surface area is 55.6 Å². The first kappa shape index (κ1) is 11.6. The highest BCUT2D eigenvalue weighted by atomic mass is 32.2. The number of hydrogen-bond donors (Lipinski definition) is 1. The van der Waals surface area contributed by atoms with Gasteiger partial charge in [-0.25, -0.2) is 8.42 Å². The fraction of sp³-hybridized carbons (Fsp3) is 1.00. The van der Waals surface area contributed by atoms with Gasteiger partial charge in [0.25, 0.3) is 0 Å². The van der Waals surface area contributed by atoms with Crippen LogP contribution in [0.2, 0.25) is 0 Å². The maximum absolute atomic E-state index is 9.89. The first-order valence-electron chi connectivity index (χ1n) is 2.35. The fourth-order valence-electron chi connectivity index (χ4n) is 0.408. The molecule has 0 saturated heterocycles. The van der Waals surface area contributed by atoms with Crippen molar-refractivity contribution in [2.75, 3.05) is 5.75 Å². The van der Waals surface area contributed by atoms with Gasteiger partial charge < -0.3 is 10.7 Å². The van der Waals surface area contributed by atoms with E-state index >= 15 is 0 Å². The summed E-state index contributed by atoms with van der Waals surface area (Å²) in [5.74, 6) is -0.315. The maximum Gasteiger partial charge on any atom is 0.0948 e. The Hall–Kier alpha value is -0.130. The van der Waals surface area contributed by atoms with Crippen LogP contribution in [0.1, 0.15) is 13.8 Å². The van der Waals surface area contributed by atoms with E-state index in [0.29, 0.717) is 0 Å². The molecule has 0 aliphatic carbocycles. The molecule has 0 aliphatic heterocycles. The Balaban J connectivity index is 0. The van der Waals surface area contributed by atoms with E-state index in [2.05, 4.69) is 0 Å². The zero-order valence-corrected chi connectivity index (χ0v) is 6.73. The van der Waals surface area contributed by atoms with Crippen LogP contribution in [-0.4, -0.2) is 18.7 Å². The molecule has 0 aromatic rings. The van der Waals surface area contributed by atoms with Gasteiger partial charge in [0.1, 0.15) is 0 Å². The molecule has 0 fully saturated rings. The van der Waals surface area contributed by atoms with E-state index in [4.69, 9.17) is 0 Å². The molecule has 9 heavy (non-hydrogen) atoms. The predicted molar refractivity (Wildman–Crippen MR) is 35.4 cm³/mol. The molecule has 5 heteroatoms. The summed E-state index contributed by atoms with van der Waals surface area (Å²) in [6, 6.07) is 0. The highest BCUT2D eigenvalue weighted by molar-refractivity contribution is 7.85. The number of rotatable bonds is 2. The molecule has 0 unspecified atom stereocenters. The molecular formula is C4H13NO3S. The smallest absolute Gasteiger partial charge is 0.0948 e. The van der Waals surface area contributed by atoms with E-state index < -0.39 is 10.1 Å². The minimum Gasteiger partial charge on any atom is -0.748 e. The summed E-state index contributed by atoms with van der Waals surface area (Å²) < 4.78 is 29.7. The standard InChI is InChI=1S/C4H10O3S.H3N/c1-4(2)3-8(5,6)7;/h4H,3H2,1-2H3,(H,5,6,7);1H3. The monoisotopic (exact) mass is 155 g/mol. The third-order valence-electron chi connectivity index (χ3n) is 0.537. The Morgan fingerprint density at radius 2 is 1.78 bits per heavy atom. The van der Waals surface area contributed by atoms with Crippen molar-refractivity contribution in [1.82, 2.24) is 6.15 Å². The van der Waals surface area contributed by atoms with Crippen molar-refractivity contribution >= 4 is 10.1 Å². The summed E-state index contributed by atoms with van der Waals surface area (Å²) in [5, 5.41) is 0. The number of hydrogen-bond acceptors (Lipinski definition) is 3. The lowest BCUT2D eigenvalue weighted by Crippen LogP contribution is -2.09. The summed E-state index contributed by atoms with van der Waals surface area (Å²) in [4.78, 5) is 0. The van der Waals surface area contributed by atoms with Crippen LogP contribution in [0.4, 0.5) is 0 Å². The third-order valence-corrected chi connectivity index (χ3v) is 1.61. The molecule has 0 amide bonds. The topological polar surface area (TPSA) is 93.7 Å². The minimum absolute atomic E-state index is 0. The van der Waals surface area contributed by atoms with Crippen LogP contribution in [-0.2, 0) is 10.1 Å². The van der Waals surface area contributed by atoms with Crippen molar-refractivity contribution in [3.63, 3.8) is 0 Å². The predicted octanol–water partition coefficient (Wildman–Crippen LogP) is 0.564. The largest absolute Gasteiger partial charge is 0.748 e. The SMILES string of the molecule is CC(C)CS(=O)(=O)[O-].[NH4+]. The molecule has 58 valence electrons. The molecule has 0 aromatic heterocycles. The van der Waals surface area contributed by atoms with Crippen molar-refractivity contribution < 1.29 is 13.0 Å². The van der Waals surface area contributed by atoms with Gasteiger partial charge in [-0.1, -0.05) is 13.8 Å². The molecule has 0 atom stereocenters. The second-order valence-electron chi connectivity index (χ2n) is 2.12. The van der Waals surface area contributed by atoms with Gasteiger partial charge in [0, 0.05) is 5.75 Å². The molecule has 0 saturated carbocycles. The summed E-state index contributed by atoms with van der Waals surface area (Å²) in [6.07, 6.45) is 0. The lowest BCUT2D eigenvalue weighted by atomic mass is 10.3. The van der Waals surface area contributed by atoms with Crippen molar-refractivity contribution in [3.05, 3.63) is 0 Å². The molecule has 0 aromatic carbocycles. The second-order valence-corrected chi connectivity index (χ2v) is 3.57. The van der Waals surface area contributed by atoms with Gasteiger partial charge in [-0.3, -0.25) is 0 Å². The summed E-state index contributed by atoms with van der Waals surface area (Å²) in [5.41, 5.74) is 0.